The fraction of sp³-hybridized carbons (Fsp3) is 0.867. The van der Waals surface area contributed by atoms with Gasteiger partial charge in [-0.25, -0.2) is 9.59 Å². The smallest absolute Gasteiger partial charge is 0.326 e. The van der Waals surface area contributed by atoms with Gasteiger partial charge in [0.1, 0.15) is 6.04 Å². The second kappa shape index (κ2) is 7.92. The van der Waals surface area contributed by atoms with Crippen LogP contribution in [-0.2, 0) is 4.79 Å². The van der Waals surface area contributed by atoms with E-state index in [9.17, 15) is 14.7 Å². The molecule has 2 atom stereocenters. The number of carboxylic acids is 1. The predicted octanol–water partition coefficient (Wildman–Crippen LogP) is 2.56. The average molecular weight is 314 g/mol. The molecule has 2 aliphatic rings. The quantitative estimate of drug-likeness (QED) is 0.790. The Bertz CT molecular complexity index is 372. The molecule has 1 unspecified atom stereocenters. The zero-order valence-corrected chi connectivity index (χ0v) is 13.5. The van der Waals surface area contributed by atoms with Gasteiger partial charge in [0, 0.05) is 12.6 Å². The summed E-state index contributed by atoms with van der Waals surface area (Å²) in [5.74, 6) is 0.422. The Balaban J connectivity index is 1.92. The van der Waals surface area contributed by atoms with Crippen molar-refractivity contribution < 1.29 is 14.7 Å². The van der Waals surface area contributed by atoms with E-state index in [-0.39, 0.29) is 6.03 Å². The fourth-order valence-electron chi connectivity index (χ4n) is 3.60. The summed E-state index contributed by atoms with van der Waals surface area (Å²) in [5, 5.41) is 11.9. The lowest BCUT2D eigenvalue weighted by Gasteiger charge is -2.30. The number of nitrogens with zero attached hydrogens (tertiary/aromatic N) is 1. The number of carbonyl (C=O) groups is 2. The van der Waals surface area contributed by atoms with Crippen LogP contribution < -0.4 is 5.32 Å². The molecule has 2 N–H and O–H groups in total. The zero-order valence-electron chi connectivity index (χ0n) is 12.7. The summed E-state index contributed by atoms with van der Waals surface area (Å²) in [6, 6.07) is -0.629. The molecule has 2 rings (SSSR count). The van der Waals surface area contributed by atoms with E-state index in [4.69, 9.17) is 0 Å². The number of carbonyl (C=O) groups excluding carboxylic acids is 1. The van der Waals surface area contributed by atoms with Crippen molar-refractivity contribution in [3.63, 3.8) is 0 Å². The van der Waals surface area contributed by atoms with Crippen LogP contribution >= 0.6 is 11.8 Å². The van der Waals surface area contributed by atoms with Gasteiger partial charge in [-0.05, 0) is 50.0 Å². The van der Waals surface area contributed by atoms with Crippen molar-refractivity contribution in [2.75, 3.05) is 18.6 Å². The molecule has 0 bridgehead atoms. The fourth-order valence-corrected chi connectivity index (χ4v) is 4.07. The van der Waals surface area contributed by atoms with Gasteiger partial charge in [-0.3, -0.25) is 0 Å². The summed E-state index contributed by atoms with van der Waals surface area (Å²) < 4.78 is 0. The van der Waals surface area contributed by atoms with Crippen LogP contribution in [0.5, 0.6) is 0 Å². The Morgan fingerprint density at radius 3 is 2.62 bits per heavy atom. The van der Waals surface area contributed by atoms with Crippen LogP contribution in [0.4, 0.5) is 4.79 Å². The summed E-state index contributed by atoms with van der Waals surface area (Å²) in [6.45, 7) is 0.766. The minimum Gasteiger partial charge on any atom is -0.480 e. The third kappa shape index (κ3) is 4.28. The summed E-state index contributed by atoms with van der Waals surface area (Å²) in [5.41, 5.74) is 0. The number of aliphatic carboxylic acids is 1. The van der Waals surface area contributed by atoms with Gasteiger partial charge >= 0.3 is 12.0 Å². The molecule has 0 aromatic carbocycles. The van der Waals surface area contributed by atoms with E-state index in [1.54, 1.807) is 11.8 Å². The molecule has 2 amide bonds. The van der Waals surface area contributed by atoms with Crippen molar-refractivity contribution in [1.29, 1.82) is 0 Å². The van der Waals surface area contributed by atoms with Crippen molar-refractivity contribution in [2.24, 2.45) is 5.92 Å². The zero-order chi connectivity index (χ0) is 15.2. The molecule has 0 radical (unpaired) electrons. The number of nitrogens with one attached hydrogen (secondary N) is 1. The van der Waals surface area contributed by atoms with Crippen molar-refractivity contribution in [1.82, 2.24) is 10.2 Å². The highest BCUT2D eigenvalue weighted by molar-refractivity contribution is 7.98. The van der Waals surface area contributed by atoms with Gasteiger partial charge in [-0.15, -0.1) is 0 Å². The second-order valence-electron chi connectivity index (χ2n) is 6.07. The average Bonchev–Trinajstić information content (AvgIpc) is 3.11. The molecule has 0 aromatic rings. The number of thioether (sulfide) groups is 1. The van der Waals surface area contributed by atoms with Gasteiger partial charge in [0.05, 0.1) is 0 Å². The first-order chi connectivity index (χ1) is 10.1. The number of carboxylic acid groups (broad SMARTS) is 1. The molecule has 2 fully saturated rings. The molecule has 120 valence electrons. The second-order valence-corrected chi connectivity index (χ2v) is 7.05. The highest BCUT2D eigenvalue weighted by Crippen LogP contribution is 2.35. The number of amides is 2. The van der Waals surface area contributed by atoms with Gasteiger partial charge in [-0.1, -0.05) is 12.8 Å². The third-order valence-electron chi connectivity index (χ3n) is 4.71. The first-order valence-electron chi connectivity index (χ1n) is 7.92. The maximum absolute atomic E-state index is 12.4. The van der Waals surface area contributed by atoms with Gasteiger partial charge < -0.3 is 15.3 Å². The first kappa shape index (κ1) is 16.5. The topological polar surface area (TPSA) is 69.6 Å². The summed E-state index contributed by atoms with van der Waals surface area (Å²) in [4.78, 5) is 25.6. The van der Waals surface area contributed by atoms with Gasteiger partial charge in [0.2, 0.25) is 0 Å². The highest BCUT2D eigenvalue weighted by atomic mass is 32.2. The van der Waals surface area contributed by atoms with Crippen LogP contribution in [0.25, 0.3) is 0 Å². The largest absolute Gasteiger partial charge is 0.480 e. The number of hydrogen-bond acceptors (Lipinski definition) is 3. The highest BCUT2D eigenvalue weighted by Gasteiger charge is 2.36. The number of likely N-dealkylation sites (tertiary alicyclic amines) is 1. The van der Waals surface area contributed by atoms with E-state index in [0.29, 0.717) is 18.4 Å². The van der Waals surface area contributed by atoms with Gasteiger partial charge in [-0.2, -0.15) is 11.8 Å². The van der Waals surface area contributed by atoms with E-state index in [1.165, 1.54) is 25.7 Å². The van der Waals surface area contributed by atoms with E-state index in [0.717, 1.165) is 25.1 Å². The van der Waals surface area contributed by atoms with Gasteiger partial charge in [0.15, 0.2) is 0 Å². The van der Waals surface area contributed by atoms with Crippen LogP contribution in [0.1, 0.15) is 44.9 Å². The Labute approximate surface area is 130 Å². The Kier molecular flexibility index (Phi) is 6.21. The third-order valence-corrected chi connectivity index (χ3v) is 5.35. The predicted molar refractivity (Wildman–Crippen MR) is 84.6 cm³/mol. The molecule has 6 heteroatoms. The molecule has 5 nitrogen and oxygen atoms in total. The van der Waals surface area contributed by atoms with E-state index in [2.05, 4.69) is 5.32 Å². The maximum atomic E-state index is 12.4. The Hall–Kier alpha value is -0.910. The van der Waals surface area contributed by atoms with Gasteiger partial charge in [0.25, 0.3) is 0 Å². The monoisotopic (exact) mass is 314 g/mol. The Morgan fingerprint density at radius 1 is 1.29 bits per heavy atom. The van der Waals surface area contributed by atoms with E-state index >= 15 is 0 Å². The van der Waals surface area contributed by atoms with Crippen molar-refractivity contribution in [3.05, 3.63) is 0 Å². The van der Waals surface area contributed by atoms with Crippen molar-refractivity contribution in [3.8, 4) is 0 Å². The minimum atomic E-state index is -0.936. The molecule has 0 aromatic heterocycles. The van der Waals surface area contributed by atoms with Crippen LogP contribution in [0.15, 0.2) is 0 Å². The van der Waals surface area contributed by atoms with Crippen molar-refractivity contribution >= 4 is 23.8 Å². The molecular formula is C15H26N2O3S. The maximum Gasteiger partial charge on any atom is 0.326 e. The SMILES string of the molecule is CSCC[C@H](NC(=O)N1CCCC1C1CCCC1)C(=O)O. The van der Waals surface area contributed by atoms with E-state index in [1.807, 2.05) is 11.2 Å². The van der Waals surface area contributed by atoms with Crippen LogP contribution in [-0.4, -0.2) is 52.6 Å². The Morgan fingerprint density at radius 2 is 2.00 bits per heavy atom. The number of urea groups is 1. The number of rotatable bonds is 6. The molecule has 1 aliphatic carbocycles. The number of hydrogen-bond donors (Lipinski definition) is 2. The summed E-state index contributed by atoms with van der Waals surface area (Å²) in [7, 11) is 0. The lowest BCUT2D eigenvalue weighted by molar-refractivity contribution is -0.139. The van der Waals surface area contributed by atoms with E-state index < -0.39 is 12.0 Å². The lowest BCUT2D eigenvalue weighted by Crippen LogP contribution is -2.50. The van der Waals surface area contributed by atoms with Crippen molar-refractivity contribution in [2.45, 2.75) is 57.0 Å². The standard InChI is InChI=1S/C15H26N2O3S/c1-21-10-8-12(14(18)19)16-15(20)17-9-4-7-13(17)11-5-2-3-6-11/h11-13H,2-10H2,1H3,(H,16,20)(H,18,19)/t12-,13?/m0/s1. The first-order valence-corrected chi connectivity index (χ1v) is 9.31. The molecule has 1 heterocycles. The molecular weight excluding hydrogens is 288 g/mol. The molecule has 0 spiro atoms. The minimum absolute atomic E-state index is 0.182. The molecule has 1 saturated carbocycles. The molecule has 21 heavy (non-hydrogen) atoms. The molecule has 1 saturated heterocycles. The van der Waals surface area contributed by atoms with Crippen LogP contribution in [0.2, 0.25) is 0 Å². The summed E-state index contributed by atoms with van der Waals surface area (Å²) >= 11 is 1.60. The van der Waals surface area contributed by atoms with Crippen LogP contribution in [0.3, 0.4) is 0 Å². The summed E-state index contributed by atoms with van der Waals surface area (Å²) in [6.07, 6.45) is 9.48. The lowest BCUT2D eigenvalue weighted by atomic mass is 9.96. The normalized spacial score (nSPS) is 24.2. The van der Waals surface area contributed by atoms with Crippen LogP contribution in [0, 0.1) is 5.92 Å². The molecule has 1 aliphatic heterocycles.